The van der Waals surface area contributed by atoms with Crippen LogP contribution in [0.2, 0.25) is 0 Å². The Labute approximate surface area is 147 Å². The molecule has 1 aromatic heterocycles. The predicted octanol–water partition coefficient (Wildman–Crippen LogP) is -0.421. The van der Waals surface area contributed by atoms with E-state index in [1.54, 1.807) is 0 Å². The van der Waals surface area contributed by atoms with E-state index in [0.29, 0.717) is 25.1 Å². The first kappa shape index (κ1) is 19.3. The van der Waals surface area contributed by atoms with Crippen LogP contribution in [0.25, 0.3) is 0 Å². The van der Waals surface area contributed by atoms with E-state index < -0.39 is 24.5 Å². The fourth-order valence-electron chi connectivity index (χ4n) is 2.84. The topological polar surface area (TPSA) is 140 Å². The molecule has 9 heteroatoms. The standard InChI is InChI=1S/C16H24BN5O3/c1-12(23)16(17(24)25,9-5-8-14(18)19)22-11-20-15(21-22)10-13-6-3-2-4-7-13/h2-4,6-7,11,14,24-25H,5,8-10,18-19H2,1H3. The molecule has 25 heavy (non-hydrogen) atoms. The van der Waals surface area contributed by atoms with Crippen molar-refractivity contribution in [3.63, 3.8) is 0 Å². The summed E-state index contributed by atoms with van der Waals surface area (Å²) >= 11 is 0. The van der Waals surface area contributed by atoms with Crippen molar-refractivity contribution in [1.82, 2.24) is 14.8 Å². The molecule has 6 N–H and O–H groups in total. The molecule has 1 atom stereocenters. The summed E-state index contributed by atoms with van der Waals surface area (Å²) in [5.74, 6) is 0.0808. The zero-order chi connectivity index (χ0) is 18.4. The van der Waals surface area contributed by atoms with E-state index in [1.807, 2.05) is 30.3 Å². The number of nitrogens with zero attached hydrogens (tertiary/aromatic N) is 3. The summed E-state index contributed by atoms with van der Waals surface area (Å²) < 4.78 is 1.25. The largest absolute Gasteiger partial charge is 0.489 e. The van der Waals surface area contributed by atoms with Gasteiger partial charge in [0.15, 0.2) is 17.0 Å². The van der Waals surface area contributed by atoms with Crippen LogP contribution in [0.5, 0.6) is 0 Å². The number of benzene rings is 1. The number of aromatic nitrogens is 3. The van der Waals surface area contributed by atoms with Crippen molar-refractivity contribution in [2.45, 2.75) is 44.2 Å². The number of rotatable bonds is 9. The van der Waals surface area contributed by atoms with Gasteiger partial charge in [0.1, 0.15) is 6.33 Å². The summed E-state index contributed by atoms with van der Waals surface area (Å²) in [6, 6.07) is 9.64. The quantitative estimate of drug-likeness (QED) is 0.357. The Hall–Kier alpha value is -2.07. The molecule has 0 aliphatic heterocycles. The lowest BCUT2D eigenvalue weighted by Crippen LogP contribution is -2.54. The van der Waals surface area contributed by atoms with Gasteiger partial charge in [-0.25, -0.2) is 9.67 Å². The summed E-state index contributed by atoms with van der Waals surface area (Å²) in [7, 11) is -1.91. The molecular formula is C16H24BN5O3. The minimum absolute atomic E-state index is 0.152. The lowest BCUT2D eigenvalue weighted by atomic mass is 9.60. The normalized spacial score (nSPS) is 13.7. The van der Waals surface area contributed by atoms with Gasteiger partial charge < -0.3 is 21.5 Å². The lowest BCUT2D eigenvalue weighted by Gasteiger charge is -2.30. The molecule has 0 aliphatic rings. The Morgan fingerprint density at radius 2 is 2.00 bits per heavy atom. The number of ketones is 1. The monoisotopic (exact) mass is 345 g/mol. The molecule has 0 amide bonds. The zero-order valence-corrected chi connectivity index (χ0v) is 14.2. The summed E-state index contributed by atoms with van der Waals surface area (Å²) in [5.41, 5.74) is 10.5. The minimum Gasteiger partial charge on any atom is -0.425 e. The summed E-state index contributed by atoms with van der Waals surface area (Å²) in [6.45, 7) is 1.31. The zero-order valence-electron chi connectivity index (χ0n) is 14.2. The van der Waals surface area contributed by atoms with E-state index in [4.69, 9.17) is 11.5 Å². The first-order valence-electron chi connectivity index (χ1n) is 8.19. The first-order chi connectivity index (χ1) is 11.9. The van der Waals surface area contributed by atoms with Gasteiger partial charge in [-0.1, -0.05) is 30.3 Å². The maximum absolute atomic E-state index is 12.3. The van der Waals surface area contributed by atoms with Gasteiger partial charge >= 0.3 is 7.12 Å². The van der Waals surface area contributed by atoms with E-state index in [0.717, 1.165) is 5.56 Å². The lowest BCUT2D eigenvalue weighted by molar-refractivity contribution is -0.123. The highest BCUT2D eigenvalue weighted by Gasteiger charge is 2.49. The molecule has 2 aromatic rings. The van der Waals surface area contributed by atoms with Gasteiger partial charge in [-0.15, -0.1) is 0 Å². The molecule has 1 unspecified atom stereocenters. The minimum atomic E-state index is -1.91. The molecule has 0 saturated heterocycles. The number of Topliss-reactive ketones (excluding diaryl/α,β-unsaturated/α-hetero) is 1. The van der Waals surface area contributed by atoms with Gasteiger partial charge in [-0.2, -0.15) is 5.10 Å². The SMILES string of the molecule is CC(=O)C(CCCC(N)N)(B(O)O)n1cnc(Cc2ccccc2)n1. The Balaban J connectivity index is 2.26. The van der Waals surface area contributed by atoms with Crippen LogP contribution < -0.4 is 11.5 Å². The molecule has 0 radical (unpaired) electrons. The van der Waals surface area contributed by atoms with Crippen LogP contribution in [0.1, 0.15) is 37.6 Å². The van der Waals surface area contributed by atoms with Crippen molar-refractivity contribution in [1.29, 1.82) is 0 Å². The average molecular weight is 345 g/mol. The average Bonchev–Trinajstić information content (AvgIpc) is 3.00. The van der Waals surface area contributed by atoms with Crippen molar-refractivity contribution in [3.05, 3.63) is 48.0 Å². The molecule has 8 nitrogen and oxygen atoms in total. The molecule has 1 aromatic carbocycles. The van der Waals surface area contributed by atoms with Gasteiger partial charge in [0.25, 0.3) is 0 Å². The molecular weight excluding hydrogens is 321 g/mol. The van der Waals surface area contributed by atoms with Crippen LogP contribution in [-0.2, 0) is 16.7 Å². The second-order valence-corrected chi connectivity index (χ2v) is 6.18. The Bertz CT molecular complexity index is 692. The molecule has 1 heterocycles. The number of hydrogen-bond acceptors (Lipinski definition) is 7. The number of nitrogens with two attached hydrogens (primary N) is 2. The van der Waals surface area contributed by atoms with E-state index >= 15 is 0 Å². The van der Waals surface area contributed by atoms with Crippen molar-refractivity contribution in [2.24, 2.45) is 11.5 Å². The molecule has 0 spiro atoms. The molecule has 134 valence electrons. The number of hydrogen-bond donors (Lipinski definition) is 4. The van der Waals surface area contributed by atoms with Crippen LogP contribution in [0, 0.1) is 0 Å². The van der Waals surface area contributed by atoms with E-state index in [2.05, 4.69) is 10.1 Å². The van der Waals surface area contributed by atoms with Gasteiger partial charge in [0, 0.05) is 6.42 Å². The first-order valence-corrected chi connectivity index (χ1v) is 8.19. The number of carbonyl (C=O) groups excluding carboxylic acids is 1. The van der Waals surface area contributed by atoms with Crippen molar-refractivity contribution in [2.75, 3.05) is 0 Å². The van der Waals surface area contributed by atoms with Crippen molar-refractivity contribution in [3.8, 4) is 0 Å². The maximum Gasteiger partial charge on any atom is 0.489 e. The molecule has 0 aliphatic carbocycles. The van der Waals surface area contributed by atoms with Gasteiger partial charge in [0.05, 0.1) is 6.17 Å². The van der Waals surface area contributed by atoms with Gasteiger partial charge in [-0.05, 0) is 31.7 Å². The third-order valence-electron chi connectivity index (χ3n) is 4.29. The Morgan fingerprint density at radius 3 is 2.56 bits per heavy atom. The Kier molecular flexibility index (Phi) is 6.43. The van der Waals surface area contributed by atoms with Gasteiger partial charge in [-0.3, -0.25) is 4.79 Å². The smallest absolute Gasteiger partial charge is 0.425 e. The second-order valence-electron chi connectivity index (χ2n) is 6.18. The van der Waals surface area contributed by atoms with Crippen molar-refractivity contribution < 1.29 is 14.8 Å². The summed E-state index contributed by atoms with van der Waals surface area (Å²) in [5, 5.41) is 24.2. The highest BCUT2D eigenvalue weighted by atomic mass is 16.4. The van der Waals surface area contributed by atoms with Crippen LogP contribution in [0.3, 0.4) is 0 Å². The van der Waals surface area contributed by atoms with Crippen LogP contribution >= 0.6 is 0 Å². The highest BCUT2D eigenvalue weighted by molar-refractivity contribution is 6.50. The summed E-state index contributed by atoms with van der Waals surface area (Å²) in [4.78, 5) is 16.5. The third kappa shape index (κ3) is 4.52. The molecule has 2 rings (SSSR count). The maximum atomic E-state index is 12.3. The van der Waals surface area contributed by atoms with Crippen LogP contribution in [-0.4, -0.2) is 43.9 Å². The predicted molar refractivity (Wildman–Crippen MR) is 94.1 cm³/mol. The Morgan fingerprint density at radius 1 is 1.32 bits per heavy atom. The molecule has 0 fully saturated rings. The highest BCUT2D eigenvalue weighted by Crippen LogP contribution is 2.26. The second kappa shape index (κ2) is 8.35. The van der Waals surface area contributed by atoms with E-state index in [9.17, 15) is 14.8 Å². The fourth-order valence-corrected chi connectivity index (χ4v) is 2.84. The molecule has 0 saturated carbocycles. The van der Waals surface area contributed by atoms with E-state index in [-0.39, 0.29) is 6.42 Å². The molecule has 0 bridgehead atoms. The number of carbonyl (C=O) groups is 1. The fraction of sp³-hybridized carbons (Fsp3) is 0.438. The van der Waals surface area contributed by atoms with Crippen LogP contribution in [0.4, 0.5) is 0 Å². The third-order valence-corrected chi connectivity index (χ3v) is 4.29. The van der Waals surface area contributed by atoms with Crippen LogP contribution in [0.15, 0.2) is 36.7 Å². The summed E-state index contributed by atoms with van der Waals surface area (Å²) in [6.07, 6.45) is 2.37. The van der Waals surface area contributed by atoms with E-state index in [1.165, 1.54) is 17.9 Å². The van der Waals surface area contributed by atoms with Gasteiger partial charge in [0.2, 0.25) is 0 Å². The van der Waals surface area contributed by atoms with Crippen molar-refractivity contribution >= 4 is 12.9 Å².